The number of hydrogen-bond donors (Lipinski definition) is 2. The highest BCUT2D eigenvalue weighted by molar-refractivity contribution is 6.35. The summed E-state index contributed by atoms with van der Waals surface area (Å²) in [4.78, 5) is 0. The van der Waals surface area contributed by atoms with Gasteiger partial charge in [0.15, 0.2) is 0 Å². The van der Waals surface area contributed by atoms with Gasteiger partial charge in [0.05, 0.1) is 0 Å². The number of aromatic nitrogens is 1. The van der Waals surface area contributed by atoms with Gasteiger partial charge < -0.3 is 15.0 Å². The molecule has 5 heteroatoms. The summed E-state index contributed by atoms with van der Waals surface area (Å²) in [6, 6.07) is 21.0. The Bertz CT molecular complexity index is 1090. The average molecular weight is 397 g/mol. The monoisotopic (exact) mass is 396 g/mol. The fourth-order valence-electron chi connectivity index (χ4n) is 3.20. The molecule has 0 fully saturated rings. The number of para-hydroxylation sites is 1. The number of halogens is 2. The summed E-state index contributed by atoms with van der Waals surface area (Å²) >= 11 is 12.4. The van der Waals surface area contributed by atoms with E-state index in [2.05, 4.69) is 28.2 Å². The van der Waals surface area contributed by atoms with Crippen LogP contribution in [-0.2, 0) is 13.1 Å². The lowest BCUT2D eigenvalue weighted by Crippen LogP contribution is -2.00. The van der Waals surface area contributed by atoms with Crippen LogP contribution in [0.5, 0.6) is 5.75 Å². The second-order valence-corrected chi connectivity index (χ2v) is 7.28. The Balaban J connectivity index is 1.63. The van der Waals surface area contributed by atoms with Crippen LogP contribution in [0.2, 0.25) is 10.0 Å². The van der Waals surface area contributed by atoms with Crippen LogP contribution >= 0.6 is 23.2 Å². The van der Waals surface area contributed by atoms with E-state index in [1.165, 1.54) is 10.9 Å². The predicted molar refractivity (Wildman–Crippen MR) is 113 cm³/mol. The average Bonchev–Trinajstić information content (AvgIpc) is 3.01. The van der Waals surface area contributed by atoms with Gasteiger partial charge in [-0.25, -0.2) is 0 Å². The van der Waals surface area contributed by atoms with E-state index in [0.29, 0.717) is 23.1 Å². The van der Waals surface area contributed by atoms with Crippen LogP contribution in [-0.4, -0.2) is 9.67 Å². The Morgan fingerprint density at radius 3 is 2.44 bits per heavy atom. The number of phenolic OH excluding ortho intramolecular Hbond substituents is 1. The van der Waals surface area contributed by atoms with E-state index in [1.54, 1.807) is 18.2 Å². The lowest BCUT2D eigenvalue weighted by Gasteiger charge is -2.08. The highest BCUT2D eigenvalue weighted by Gasteiger charge is 2.10. The van der Waals surface area contributed by atoms with Crippen molar-refractivity contribution in [2.45, 2.75) is 13.1 Å². The summed E-state index contributed by atoms with van der Waals surface area (Å²) in [5, 5.41) is 15.3. The lowest BCUT2D eigenvalue weighted by molar-refractivity contribution is 0.475. The number of phenols is 1. The summed E-state index contributed by atoms with van der Waals surface area (Å²) in [5.74, 6) is 0.261. The van der Waals surface area contributed by atoms with Crippen molar-refractivity contribution in [3.63, 3.8) is 0 Å². The molecular formula is C22H18Cl2N2O. The van der Waals surface area contributed by atoms with Gasteiger partial charge in [0.2, 0.25) is 0 Å². The molecule has 3 aromatic carbocycles. The van der Waals surface area contributed by atoms with E-state index >= 15 is 0 Å². The standard InChI is InChI=1S/C22H18Cl2N2O/c23-17-6-5-15(21(24)11-17)13-26-14-16(20-3-1-2-4-22(20)26)12-25-18-7-9-19(27)10-8-18/h1-11,14,25,27H,12-13H2. The summed E-state index contributed by atoms with van der Waals surface area (Å²) in [7, 11) is 0. The highest BCUT2D eigenvalue weighted by atomic mass is 35.5. The van der Waals surface area contributed by atoms with E-state index in [-0.39, 0.29) is 5.75 Å². The number of rotatable bonds is 5. The fraction of sp³-hybridized carbons (Fsp3) is 0.0909. The Labute approximate surface area is 167 Å². The molecule has 0 radical (unpaired) electrons. The van der Waals surface area contributed by atoms with Crippen molar-refractivity contribution < 1.29 is 5.11 Å². The minimum atomic E-state index is 0.261. The first-order chi connectivity index (χ1) is 13.1. The van der Waals surface area contributed by atoms with Gasteiger partial charge in [-0.2, -0.15) is 0 Å². The van der Waals surface area contributed by atoms with Gasteiger partial charge in [0.25, 0.3) is 0 Å². The van der Waals surface area contributed by atoms with Crippen LogP contribution in [0.25, 0.3) is 10.9 Å². The molecule has 0 spiro atoms. The maximum Gasteiger partial charge on any atom is 0.115 e. The molecule has 0 unspecified atom stereocenters. The van der Waals surface area contributed by atoms with E-state index in [9.17, 15) is 5.11 Å². The van der Waals surface area contributed by atoms with Crippen molar-refractivity contribution in [3.8, 4) is 5.75 Å². The zero-order valence-corrected chi connectivity index (χ0v) is 16.0. The first-order valence-corrected chi connectivity index (χ1v) is 9.39. The molecule has 4 aromatic rings. The third-order valence-corrected chi connectivity index (χ3v) is 5.16. The molecule has 0 aliphatic heterocycles. The first-order valence-electron chi connectivity index (χ1n) is 8.64. The van der Waals surface area contributed by atoms with Gasteiger partial charge in [-0.1, -0.05) is 47.5 Å². The molecule has 1 heterocycles. The van der Waals surface area contributed by atoms with Gasteiger partial charge >= 0.3 is 0 Å². The Kier molecular flexibility index (Phi) is 4.97. The summed E-state index contributed by atoms with van der Waals surface area (Å²) in [5.41, 5.74) is 4.35. The van der Waals surface area contributed by atoms with Crippen molar-refractivity contribution in [3.05, 3.63) is 94.1 Å². The molecule has 0 saturated carbocycles. The number of nitrogens with zero attached hydrogens (tertiary/aromatic N) is 1. The third-order valence-electron chi connectivity index (χ3n) is 4.58. The van der Waals surface area contributed by atoms with Crippen LogP contribution in [0, 0.1) is 0 Å². The van der Waals surface area contributed by atoms with Crippen molar-refractivity contribution >= 4 is 39.8 Å². The predicted octanol–water partition coefficient (Wildman–Crippen LogP) is 6.31. The molecule has 0 bridgehead atoms. The molecule has 2 N–H and O–H groups in total. The Hall–Kier alpha value is -2.62. The molecule has 27 heavy (non-hydrogen) atoms. The molecule has 3 nitrogen and oxygen atoms in total. The van der Waals surface area contributed by atoms with Gasteiger partial charge in [-0.15, -0.1) is 0 Å². The first kappa shape index (κ1) is 17.8. The normalized spacial score (nSPS) is 11.0. The third kappa shape index (κ3) is 3.90. The van der Waals surface area contributed by atoms with Crippen molar-refractivity contribution in [1.29, 1.82) is 0 Å². The summed E-state index contributed by atoms with van der Waals surface area (Å²) < 4.78 is 2.21. The fourth-order valence-corrected chi connectivity index (χ4v) is 3.67. The van der Waals surface area contributed by atoms with E-state index in [4.69, 9.17) is 23.2 Å². The SMILES string of the molecule is Oc1ccc(NCc2cn(Cc3ccc(Cl)cc3Cl)c3ccccc23)cc1. The van der Waals surface area contributed by atoms with E-state index < -0.39 is 0 Å². The second kappa shape index (κ2) is 7.55. The Morgan fingerprint density at radius 2 is 1.67 bits per heavy atom. The molecule has 0 atom stereocenters. The summed E-state index contributed by atoms with van der Waals surface area (Å²) in [6.45, 7) is 1.36. The second-order valence-electron chi connectivity index (χ2n) is 6.44. The number of anilines is 1. The maximum absolute atomic E-state index is 9.42. The zero-order chi connectivity index (χ0) is 18.8. The molecule has 0 aliphatic rings. The minimum absolute atomic E-state index is 0.261. The number of aromatic hydroxyl groups is 1. The topological polar surface area (TPSA) is 37.2 Å². The molecule has 136 valence electrons. The van der Waals surface area contributed by atoms with E-state index in [1.807, 2.05) is 36.4 Å². The smallest absolute Gasteiger partial charge is 0.115 e. The summed E-state index contributed by atoms with van der Waals surface area (Å²) in [6.07, 6.45) is 2.16. The van der Waals surface area contributed by atoms with E-state index in [0.717, 1.165) is 16.8 Å². The van der Waals surface area contributed by atoms with Gasteiger partial charge in [-0.05, 0) is 53.6 Å². The molecule has 1 aromatic heterocycles. The largest absolute Gasteiger partial charge is 0.508 e. The van der Waals surface area contributed by atoms with Gasteiger partial charge in [-0.3, -0.25) is 0 Å². The van der Waals surface area contributed by atoms with Crippen molar-refractivity contribution in [1.82, 2.24) is 4.57 Å². The Morgan fingerprint density at radius 1 is 0.889 bits per heavy atom. The molecule has 0 amide bonds. The van der Waals surface area contributed by atoms with Crippen LogP contribution in [0.3, 0.4) is 0 Å². The lowest BCUT2D eigenvalue weighted by atomic mass is 10.1. The zero-order valence-electron chi connectivity index (χ0n) is 14.5. The number of nitrogens with one attached hydrogen (secondary N) is 1. The number of hydrogen-bond acceptors (Lipinski definition) is 2. The molecule has 0 aliphatic carbocycles. The van der Waals surface area contributed by atoms with Gasteiger partial charge in [0, 0.05) is 45.9 Å². The minimum Gasteiger partial charge on any atom is -0.508 e. The van der Waals surface area contributed by atoms with Gasteiger partial charge in [0.1, 0.15) is 5.75 Å². The van der Waals surface area contributed by atoms with Crippen LogP contribution in [0.15, 0.2) is 72.9 Å². The van der Waals surface area contributed by atoms with Crippen LogP contribution in [0.4, 0.5) is 5.69 Å². The molecular weight excluding hydrogens is 379 g/mol. The molecule has 0 saturated heterocycles. The maximum atomic E-state index is 9.42. The highest BCUT2D eigenvalue weighted by Crippen LogP contribution is 2.27. The van der Waals surface area contributed by atoms with Crippen molar-refractivity contribution in [2.75, 3.05) is 5.32 Å². The van der Waals surface area contributed by atoms with Crippen molar-refractivity contribution in [2.24, 2.45) is 0 Å². The quantitative estimate of drug-likeness (QED) is 0.387. The molecule has 4 rings (SSSR count). The van der Waals surface area contributed by atoms with Crippen LogP contribution in [0.1, 0.15) is 11.1 Å². The number of fused-ring (bicyclic) bond motifs is 1. The number of benzene rings is 3. The van der Waals surface area contributed by atoms with Crippen LogP contribution < -0.4 is 5.32 Å².